The molecule has 0 radical (unpaired) electrons. The summed E-state index contributed by atoms with van der Waals surface area (Å²) in [7, 11) is 0. The van der Waals surface area contributed by atoms with Gasteiger partial charge in [0.25, 0.3) is 0 Å². The van der Waals surface area contributed by atoms with Crippen LogP contribution in [0.4, 0.5) is 0 Å². The van der Waals surface area contributed by atoms with Gasteiger partial charge in [-0.25, -0.2) is 0 Å². The summed E-state index contributed by atoms with van der Waals surface area (Å²) in [5.41, 5.74) is 2.82. The highest BCUT2D eigenvalue weighted by atomic mass is 79.9. The van der Waals surface area contributed by atoms with Crippen LogP contribution in [-0.4, -0.2) is 18.5 Å². The van der Waals surface area contributed by atoms with Crippen molar-refractivity contribution in [1.82, 2.24) is 10.6 Å². The van der Waals surface area contributed by atoms with Gasteiger partial charge in [0, 0.05) is 29.5 Å². The Balaban J connectivity index is 1.73. The van der Waals surface area contributed by atoms with E-state index >= 15 is 0 Å². The lowest BCUT2D eigenvalue weighted by molar-refractivity contribution is -0.119. The van der Waals surface area contributed by atoms with Crippen molar-refractivity contribution >= 4 is 21.8 Å². The molecule has 1 amide bonds. The largest absolute Gasteiger partial charge is 0.354 e. The summed E-state index contributed by atoms with van der Waals surface area (Å²) in [6, 6.07) is 7.19. The topological polar surface area (TPSA) is 41.1 Å². The summed E-state index contributed by atoms with van der Waals surface area (Å²) < 4.78 is 1.15. The molecule has 0 aromatic heterocycles. The van der Waals surface area contributed by atoms with Crippen molar-refractivity contribution in [3.05, 3.63) is 33.8 Å². The minimum Gasteiger partial charge on any atom is -0.354 e. The third-order valence-electron chi connectivity index (χ3n) is 3.60. The molecule has 1 fully saturated rings. The minimum absolute atomic E-state index is 0.163. The van der Waals surface area contributed by atoms with E-state index < -0.39 is 0 Å². The fraction of sp³-hybridized carbons (Fsp3) is 0.462. The molecule has 4 heteroatoms. The third-order valence-corrected chi connectivity index (χ3v) is 4.09. The molecule has 2 N–H and O–H groups in total. The van der Waals surface area contributed by atoms with Crippen molar-refractivity contribution in [3.63, 3.8) is 0 Å². The van der Waals surface area contributed by atoms with Crippen molar-refractivity contribution in [3.8, 4) is 0 Å². The van der Waals surface area contributed by atoms with E-state index in [0.29, 0.717) is 18.5 Å². The van der Waals surface area contributed by atoms with Gasteiger partial charge in [-0.2, -0.15) is 0 Å². The number of halogens is 1. The van der Waals surface area contributed by atoms with Gasteiger partial charge in [-0.15, -0.1) is 0 Å². The van der Waals surface area contributed by atoms with Crippen LogP contribution in [0, 0.1) is 0 Å². The van der Waals surface area contributed by atoms with Crippen LogP contribution in [0.1, 0.15) is 30.0 Å². The molecule has 3 rings (SSSR count). The molecule has 90 valence electrons. The molecule has 1 saturated heterocycles. The molecule has 2 aliphatic rings. The quantitative estimate of drug-likeness (QED) is 0.875. The molecule has 1 aliphatic heterocycles. The number of fused-ring (bicyclic) bond motifs is 1. The molecule has 1 aliphatic carbocycles. The Labute approximate surface area is 109 Å². The van der Waals surface area contributed by atoms with E-state index in [1.54, 1.807) is 0 Å². The lowest BCUT2D eigenvalue weighted by Gasteiger charge is -2.18. The number of hydrogen-bond acceptors (Lipinski definition) is 2. The molecule has 3 nitrogen and oxygen atoms in total. The van der Waals surface area contributed by atoms with Crippen LogP contribution >= 0.6 is 15.9 Å². The Morgan fingerprint density at radius 1 is 1.41 bits per heavy atom. The predicted molar refractivity (Wildman–Crippen MR) is 69.8 cm³/mol. The van der Waals surface area contributed by atoms with E-state index in [2.05, 4.69) is 44.8 Å². The van der Waals surface area contributed by atoms with Gasteiger partial charge in [0.1, 0.15) is 0 Å². The molecule has 2 unspecified atom stereocenters. The Kier molecular flexibility index (Phi) is 2.92. The fourth-order valence-corrected chi connectivity index (χ4v) is 3.18. The van der Waals surface area contributed by atoms with Crippen molar-refractivity contribution in [2.75, 3.05) is 6.54 Å². The van der Waals surface area contributed by atoms with E-state index in [4.69, 9.17) is 0 Å². The fourth-order valence-electron chi connectivity index (χ4n) is 2.77. The average molecular weight is 295 g/mol. The Hall–Kier alpha value is -0.870. The number of nitrogens with one attached hydrogen (secondary N) is 2. The van der Waals surface area contributed by atoms with E-state index in [-0.39, 0.29) is 5.91 Å². The summed E-state index contributed by atoms with van der Waals surface area (Å²) in [5, 5.41) is 6.45. The van der Waals surface area contributed by atoms with Crippen LogP contribution in [0.5, 0.6) is 0 Å². The first-order chi connectivity index (χ1) is 8.22. The Morgan fingerprint density at radius 3 is 3.06 bits per heavy atom. The van der Waals surface area contributed by atoms with Gasteiger partial charge in [0.2, 0.25) is 5.91 Å². The highest BCUT2D eigenvalue weighted by molar-refractivity contribution is 9.10. The number of carbonyl (C=O) groups excluding carboxylic acids is 1. The molecule has 0 spiro atoms. The highest BCUT2D eigenvalue weighted by Gasteiger charge is 2.28. The van der Waals surface area contributed by atoms with Gasteiger partial charge in [-0.3, -0.25) is 4.79 Å². The van der Waals surface area contributed by atoms with Crippen LogP contribution in [0.2, 0.25) is 0 Å². The number of carbonyl (C=O) groups is 1. The lowest BCUT2D eigenvalue weighted by Crippen LogP contribution is -2.33. The highest BCUT2D eigenvalue weighted by Crippen LogP contribution is 2.33. The lowest BCUT2D eigenvalue weighted by atomic mass is 10.1. The van der Waals surface area contributed by atoms with Gasteiger partial charge < -0.3 is 10.6 Å². The zero-order valence-electron chi connectivity index (χ0n) is 9.50. The smallest absolute Gasteiger partial charge is 0.221 e. The summed E-state index contributed by atoms with van der Waals surface area (Å²) in [4.78, 5) is 11.2. The number of benzene rings is 1. The van der Waals surface area contributed by atoms with E-state index in [1.165, 1.54) is 11.1 Å². The molecule has 1 aromatic carbocycles. The van der Waals surface area contributed by atoms with Gasteiger partial charge in [0.15, 0.2) is 0 Å². The molecule has 1 heterocycles. The average Bonchev–Trinajstić information content (AvgIpc) is 2.86. The monoisotopic (exact) mass is 294 g/mol. The first-order valence-electron chi connectivity index (χ1n) is 6.03. The normalized spacial score (nSPS) is 27.0. The number of aryl methyl sites for hydroxylation is 1. The second-order valence-corrected chi connectivity index (χ2v) is 5.72. The maximum absolute atomic E-state index is 11.2. The Morgan fingerprint density at radius 2 is 2.29 bits per heavy atom. The van der Waals surface area contributed by atoms with Crippen LogP contribution in [0.15, 0.2) is 22.7 Å². The molecular formula is C13H15BrN2O. The van der Waals surface area contributed by atoms with E-state index in [0.717, 1.165) is 23.9 Å². The van der Waals surface area contributed by atoms with Crippen molar-refractivity contribution < 1.29 is 4.79 Å². The molecule has 2 atom stereocenters. The Bertz CT molecular complexity index is 461. The number of hydrogen-bond donors (Lipinski definition) is 2. The van der Waals surface area contributed by atoms with Crippen molar-refractivity contribution in [2.45, 2.75) is 31.3 Å². The number of amides is 1. The van der Waals surface area contributed by atoms with Crippen LogP contribution < -0.4 is 10.6 Å². The third kappa shape index (κ3) is 2.24. The summed E-state index contributed by atoms with van der Waals surface area (Å²) >= 11 is 3.51. The first kappa shape index (κ1) is 11.2. The zero-order chi connectivity index (χ0) is 11.8. The van der Waals surface area contributed by atoms with Gasteiger partial charge in [0.05, 0.1) is 0 Å². The maximum Gasteiger partial charge on any atom is 0.221 e. The molecule has 17 heavy (non-hydrogen) atoms. The molecule has 1 aromatic rings. The van der Waals surface area contributed by atoms with Gasteiger partial charge in [-0.05, 0) is 36.1 Å². The second-order valence-electron chi connectivity index (χ2n) is 4.81. The standard InChI is InChI=1S/C13H15BrN2O/c14-9-2-3-11-8(5-9)1-4-12(11)16-10-6-13(17)15-7-10/h2-3,5,10,12,16H,1,4,6-7H2,(H,15,17). The van der Waals surface area contributed by atoms with Gasteiger partial charge >= 0.3 is 0 Å². The molecule has 0 bridgehead atoms. The van der Waals surface area contributed by atoms with Gasteiger partial charge in [-0.1, -0.05) is 22.0 Å². The van der Waals surface area contributed by atoms with E-state index in [9.17, 15) is 4.79 Å². The SMILES string of the molecule is O=C1CC(NC2CCc3cc(Br)ccc32)CN1. The predicted octanol–water partition coefficient (Wildman–Crippen LogP) is 1.91. The number of rotatable bonds is 2. The van der Waals surface area contributed by atoms with Crippen molar-refractivity contribution in [2.24, 2.45) is 0 Å². The molecular weight excluding hydrogens is 280 g/mol. The summed E-state index contributed by atoms with van der Waals surface area (Å²) in [6.07, 6.45) is 2.87. The zero-order valence-corrected chi connectivity index (χ0v) is 11.1. The first-order valence-corrected chi connectivity index (χ1v) is 6.83. The molecule has 0 saturated carbocycles. The van der Waals surface area contributed by atoms with Crippen LogP contribution in [0.25, 0.3) is 0 Å². The van der Waals surface area contributed by atoms with Crippen LogP contribution in [-0.2, 0) is 11.2 Å². The minimum atomic E-state index is 0.163. The maximum atomic E-state index is 11.2. The summed E-state index contributed by atoms with van der Waals surface area (Å²) in [5.74, 6) is 0.163. The van der Waals surface area contributed by atoms with E-state index in [1.807, 2.05) is 0 Å². The van der Waals surface area contributed by atoms with Crippen molar-refractivity contribution in [1.29, 1.82) is 0 Å². The summed E-state index contributed by atoms with van der Waals surface area (Å²) in [6.45, 7) is 0.765. The van der Waals surface area contributed by atoms with Crippen LogP contribution in [0.3, 0.4) is 0 Å². The second kappa shape index (κ2) is 4.42.